The van der Waals surface area contributed by atoms with Crippen molar-refractivity contribution in [1.82, 2.24) is 4.90 Å². The third kappa shape index (κ3) is 4.44. The van der Waals surface area contributed by atoms with Crippen LogP contribution in [0.3, 0.4) is 0 Å². The number of hydrogen-bond acceptors (Lipinski definition) is 6. The number of aliphatic hydroxyl groups is 1. The molecule has 3 heterocycles. The summed E-state index contributed by atoms with van der Waals surface area (Å²) in [5, 5.41) is 13.3. The minimum atomic E-state index is -0.650. The second-order valence-electron chi connectivity index (χ2n) is 8.89. The van der Waals surface area contributed by atoms with Gasteiger partial charge in [0.2, 0.25) is 0 Å². The lowest BCUT2D eigenvalue weighted by molar-refractivity contribution is -0.140. The van der Waals surface area contributed by atoms with Crippen molar-refractivity contribution in [2.24, 2.45) is 0 Å². The van der Waals surface area contributed by atoms with Gasteiger partial charge in [-0.15, -0.1) is 11.3 Å². The summed E-state index contributed by atoms with van der Waals surface area (Å²) in [5.41, 5.74) is 2.59. The maximum absolute atomic E-state index is 13.2. The number of amides is 1. The number of nitrogens with zero attached hydrogens (tertiary/aromatic N) is 1. The van der Waals surface area contributed by atoms with Gasteiger partial charge in [0.05, 0.1) is 24.3 Å². The van der Waals surface area contributed by atoms with Gasteiger partial charge in [-0.05, 0) is 73.4 Å². The molecule has 176 valence electrons. The summed E-state index contributed by atoms with van der Waals surface area (Å²) in [4.78, 5) is 28.8. The summed E-state index contributed by atoms with van der Waals surface area (Å²) >= 11 is 1.49. The summed E-state index contributed by atoms with van der Waals surface area (Å²) in [7, 11) is 0. The molecule has 2 saturated heterocycles. The zero-order valence-corrected chi connectivity index (χ0v) is 20.4. The molecule has 7 heteroatoms. The molecule has 2 aromatic rings. The van der Waals surface area contributed by atoms with E-state index in [1.54, 1.807) is 11.0 Å². The van der Waals surface area contributed by atoms with E-state index in [1.807, 2.05) is 37.4 Å². The third-order valence-electron chi connectivity index (χ3n) is 6.32. The van der Waals surface area contributed by atoms with Crippen molar-refractivity contribution < 1.29 is 24.2 Å². The van der Waals surface area contributed by atoms with Crippen LogP contribution in [0.4, 0.5) is 0 Å². The summed E-state index contributed by atoms with van der Waals surface area (Å²) in [6.45, 7) is 9.54. The van der Waals surface area contributed by atoms with E-state index in [9.17, 15) is 14.7 Å². The molecule has 1 aromatic heterocycles. The smallest absolute Gasteiger partial charge is 0.295 e. The summed E-state index contributed by atoms with van der Waals surface area (Å²) in [5.74, 6) is -0.459. The monoisotopic (exact) mass is 469 g/mol. The number of likely N-dealkylation sites (tertiary alicyclic amines) is 1. The van der Waals surface area contributed by atoms with Crippen LogP contribution in [0.25, 0.3) is 5.76 Å². The lowest BCUT2D eigenvalue weighted by Crippen LogP contribution is -2.36. The first-order chi connectivity index (χ1) is 15.8. The number of benzene rings is 1. The second kappa shape index (κ2) is 9.69. The van der Waals surface area contributed by atoms with Crippen LogP contribution in [0.1, 0.15) is 67.1 Å². The highest BCUT2D eigenvalue weighted by Gasteiger charge is 2.48. The molecule has 2 fully saturated rings. The predicted octanol–water partition coefficient (Wildman–Crippen LogP) is 5.18. The molecular weight excluding hydrogens is 438 g/mol. The van der Waals surface area contributed by atoms with Crippen LogP contribution in [0.2, 0.25) is 0 Å². The Labute approximate surface area is 198 Å². The van der Waals surface area contributed by atoms with E-state index in [1.165, 1.54) is 11.3 Å². The van der Waals surface area contributed by atoms with Crippen LogP contribution in [0.5, 0.6) is 5.75 Å². The minimum Gasteiger partial charge on any atom is -0.507 e. The average molecular weight is 470 g/mol. The number of Topliss-reactive ketones (excluding diaryl/α,β-unsaturated/α-hetero) is 1. The molecule has 0 radical (unpaired) electrons. The van der Waals surface area contributed by atoms with Crippen LogP contribution in [0.15, 0.2) is 35.2 Å². The van der Waals surface area contributed by atoms with Gasteiger partial charge >= 0.3 is 0 Å². The Bertz CT molecular complexity index is 1080. The molecule has 33 heavy (non-hydrogen) atoms. The van der Waals surface area contributed by atoms with E-state index in [2.05, 4.69) is 13.8 Å². The molecule has 2 unspecified atom stereocenters. The summed E-state index contributed by atoms with van der Waals surface area (Å²) in [6, 6.07) is 6.78. The Morgan fingerprint density at radius 2 is 2.09 bits per heavy atom. The molecule has 2 aliphatic rings. The molecule has 1 aromatic carbocycles. The van der Waals surface area contributed by atoms with E-state index in [0.717, 1.165) is 34.6 Å². The topological polar surface area (TPSA) is 76.1 Å². The average Bonchev–Trinajstić information content (AvgIpc) is 3.51. The summed E-state index contributed by atoms with van der Waals surface area (Å²) in [6.07, 6.45) is 1.71. The zero-order valence-electron chi connectivity index (χ0n) is 19.6. The number of aliphatic hydroxyl groups excluding tert-OH is 1. The fourth-order valence-electron chi connectivity index (χ4n) is 4.60. The van der Waals surface area contributed by atoms with Crippen LogP contribution >= 0.6 is 11.3 Å². The molecule has 0 spiro atoms. The first kappa shape index (κ1) is 23.5. The molecule has 0 bridgehead atoms. The van der Waals surface area contributed by atoms with Gasteiger partial charge in [0.1, 0.15) is 11.5 Å². The number of hydrogen-bond donors (Lipinski definition) is 1. The quantitative estimate of drug-likeness (QED) is 0.344. The highest BCUT2D eigenvalue weighted by atomic mass is 32.1. The Morgan fingerprint density at radius 1 is 1.30 bits per heavy atom. The maximum Gasteiger partial charge on any atom is 0.295 e. The van der Waals surface area contributed by atoms with E-state index in [0.29, 0.717) is 25.3 Å². The number of rotatable bonds is 7. The zero-order chi connectivity index (χ0) is 23.7. The van der Waals surface area contributed by atoms with Gasteiger partial charge in [-0.2, -0.15) is 0 Å². The van der Waals surface area contributed by atoms with Crippen molar-refractivity contribution in [2.75, 3.05) is 19.8 Å². The number of ether oxygens (including phenoxy) is 2. The standard InChI is InChI=1S/C26H31NO5S/c1-5-31-20-9-8-17(13-19(20)15(2)3)23(28)21-22(25-16(4)10-12-33-25)27(26(30)24(21)29)14-18-7-6-11-32-18/h8-10,12-13,15,18,22,28H,5-7,11,14H2,1-4H3/b23-21-. The predicted molar refractivity (Wildman–Crippen MR) is 129 cm³/mol. The molecule has 6 nitrogen and oxygen atoms in total. The largest absolute Gasteiger partial charge is 0.507 e. The minimum absolute atomic E-state index is 0.0935. The summed E-state index contributed by atoms with van der Waals surface area (Å²) < 4.78 is 11.5. The number of aryl methyl sites for hydroxylation is 1. The van der Waals surface area contributed by atoms with Gasteiger partial charge in [0.15, 0.2) is 0 Å². The number of thiophene rings is 1. The third-order valence-corrected chi connectivity index (χ3v) is 7.39. The van der Waals surface area contributed by atoms with Crippen LogP contribution in [-0.2, 0) is 14.3 Å². The number of carbonyl (C=O) groups is 2. The number of ketones is 1. The van der Waals surface area contributed by atoms with Crippen molar-refractivity contribution in [3.63, 3.8) is 0 Å². The lowest BCUT2D eigenvalue weighted by atomic mass is 9.94. The van der Waals surface area contributed by atoms with E-state index >= 15 is 0 Å². The van der Waals surface area contributed by atoms with Crippen molar-refractivity contribution in [3.8, 4) is 5.75 Å². The van der Waals surface area contributed by atoms with Crippen molar-refractivity contribution in [1.29, 1.82) is 0 Å². The Balaban J connectivity index is 1.82. The molecule has 1 amide bonds. The van der Waals surface area contributed by atoms with Gasteiger partial charge < -0.3 is 19.5 Å². The van der Waals surface area contributed by atoms with E-state index in [-0.39, 0.29) is 23.4 Å². The maximum atomic E-state index is 13.2. The number of carbonyl (C=O) groups excluding carboxylic acids is 2. The molecule has 0 aliphatic carbocycles. The van der Waals surface area contributed by atoms with Crippen LogP contribution in [-0.4, -0.2) is 47.6 Å². The molecule has 0 saturated carbocycles. The molecule has 2 atom stereocenters. The van der Waals surface area contributed by atoms with Gasteiger partial charge in [0.25, 0.3) is 11.7 Å². The van der Waals surface area contributed by atoms with Gasteiger partial charge in [-0.3, -0.25) is 9.59 Å². The second-order valence-corrected chi connectivity index (χ2v) is 9.84. The molecule has 4 rings (SSSR count). The fraction of sp³-hybridized carbons (Fsp3) is 0.462. The first-order valence-electron chi connectivity index (χ1n) is 11.5. The Kier molecular flexibility index (Phi) is 6.91. The van der Waals surface area contributed by atoms with E-state index < -0.39 is 17.7 Å². The first-order valence-corrected chi connectivity index (χ1v) is 12.4. The molecule has 1 N–H and O–H groups in total. The van der Waals surface area contributed by atoms with Crippen LogP contribution < -0.4 is 4.74 Å². The van der Waals surface area contributed by atoms with Gasteiger partial charge in [-0.25, -0.2) is 0 Å². The van der Waals surface area contributed by atoms with E-state index in [4.69, 9.17) is 9.47 Å². The van der Waals surface area contributed by atoms with Crippen molar-refractivity contribution in [3.05, 3.63) is 56.8 Å². The fourth-order valence-corrected chi connectivity index (χ4v) is 5.65. The molecule has 2 aliphatic heterocycles. The van der Waals surface area contributed by atoms with Crippen molar-refractivity contribution >= 4 is 28.8 Å². The highest BCUT2D eigenvalue weighted by Crippen LogP contribution is 2.43. The van der Waals surface area contributed by atoms with Gasteiger partial charge in [-0.1, -0.05) is 13.8 Å². The van der Waals surface area contributed by atoms with Gasteiger partial charge in [0, 0.05) is 23.6 Å². The lowest BCUT2D eigenvalue weighted by Gasteiger charge is -2.27. The van der Waals surface area contributed by atoms with Crippen molar-refractivity contribution in [2.45, 2.75) is 58.6 Å². The molecular formula is C26H31NO5S. The normalized spacial score (nSPS) is 22.5. The van der Waals surface area contributed by atoms with Crippen LogP contribution in [0, 0.1) is 6.92 Å². The Morgan fingerprint density at radius 3 is 2.70 bits per heavy atom. The Hall–Kier alpha value is -2.64. The SMILES string of the molecule is CCOc1ccc(/C(O)=C2/C(=O)C(=O)N(CC3CCCO3)C2c2sccc2C)cc1C(C)C. The highest BCUT2D eigenvalue weighted by molar-refractivity contribution is 7.10.